The molecule has 1 aliphatic heterocycles. The van der Waals surface area contributed by atoms with E-state index in [0.717, 1.165) is 11.3 Å². The van der Waals surface area contributed by atoms with Crippen LogP contribution in [0.5, 0.6) is 0 Å². The average Bonchev–Trinajstić information content (AvgIpc) is 2.69. The summed E-state index contributed by atoms with van der Waals surface area (Å²) < 4.78 is 0. The fourth-order valence-electron chi connectivity index (χ4n) is 2.40. The lowest BCUT2D eigenvalue weighted by Crippen LogP contribution is -2.33. The van der Waals surface area contributed by atoms with Gasteiger partial charge in [-0.25, -0.2) is 0 Å². The molecule has 1 nitrogen and oxygen atoms in total. The van der Waals surface area contributed by atoms with Crippen LogP contribution in [-0.4, -0.2) is 23.6 Å². The average molecular weight is 199 g/mol. The molecule has 2 fully saturated rings. The van der Waals surface area contributed by atoms with Crippen LogP contribution in [0.4, 0.5) is 0 Å². The molecule has 0 radical (unpaired) electrons. The Morgan fingerprint density at radius 3 is 2.46 bits per heavy atom. The van der Waals surface area contributed by atoms with Gasteiger partial charge in [0.2, 0.25) is 0 Å². The van der Waals surface area contributed by atoms with Crippen LogP contribution in [0, 0.1) is 0 Å². The van der Waals surface area contributed by atoms with Gasteiger partial charge in [0.15, 0.2) is 0 Å². The van der Waals surface area contributed by atoms with Crippen LogP contribution < -0.4 is 5.32 Å². The maximum Gasteiger partial charge on any atom is 0.0172 e. The van der Waals surface area contributed by atoms with Crippen molar-refractivity contribution < 1.29 is 0 Å². The van der Waals surface area contributed by atoms with E-state index >= 15 is 0 Å². The number of nitrogens with one attached hydrogen (secondary N) is 1. The van der Waals surface area contributed by atoms with Crippen LogP contribution in [0.25, 0.3) is 0 Å². The van der Waals surface area contributed by atoms with Crippen molar-refractivity contribution in [1.29, 1.82) is 0 Å². The summed E-state index contributed by atoms with van der Waals surface area (Å²) >= 11 is 2.18. The van der Waals surface area contributed by atoms with Gasteiger partial charge in [0.25, 0.3) is 0 Å². The Balaban J connectivity index is 1.60. The third kappa shape index (κ3) is 3.17. The lowest BCUT2D eigenvalue weighted by Gasteiger charge is -2.23. The summed E-state index contributed by atoms with van der Waals surface area (Å²) in [6.07, 6.45) is 10.1. The first-order valence-electron chi connectivity index (χ1n) is 5.80. The van der Waals surface area contributed by atoms with Crippen LogP contribution in [0.3, 0.4) is 0 Å². The van der Waals surface area contributed by atoms with Gasteiger partial charge in [-0.1, -0.05) is 19.3 Å². The zero-order chi connectivity index (χ0) is 8.93. The predicted octanol–water partition coefficient (Wildman–Crippen LogP) is 2.80. The quantitative estimate of drug-likeness (QED) is 0.750. The van der Waals surface area contributed by atoms with Crippen LogP contribution in [-0.2, 0) is 0 Å². The van der Waals surface area contributed by atoms with Crippen molar-refractivity contribution in [2.24, 2.45) is 0 Å². The molecule has 0 amide bonds. The molecule has 1 N–H and O–H groups in total. The minimum absolute atomic E-state index is 0.863. The molecule has 0 bridgehead atoms. The number of hydrogen-bond acceptors (Lipinski definition) is 2. The van der Waals surface area contributed by atoms with Crippen molar-refractivity contribution in [3.63, 3.8) is 0 Å². The molecule has 76 valence electrons. The fourth-order valence-corrected chi connectivity index (χ4v) is 3.65. The van der Waals surface area contributed by atoms with Gasteiger partial charge < -0.3 is 5.32 Å². The lowest BCUT2D eigenvalue weighted by molar-refractivity contribution is 0.504. The third-order valence-electron chi connectivity index (χ3n) is 3.26. The van der Waals surface area contributed by atoms with E-state index in [1.54, 1.807) is 0 Å². The van der Waals surface area contributed by atoms with Crippen molar-refractivity contribution >= 4 is 11.8 Å². The minimum Gasteiger partial charge on any atom is -0.313 e. The van der Waals surface area contributed by atoms with Gasteiger partial charge in [0, 0.05) is 17.8 Å². The monoisotopic (exact) mass is 199 g/mol. The Hall–Kier alpha value is 0.310. The summed E-state index contributed by atoms with van der Waals surface area (Å²) in [5, 5.41) is 4.66. The molecule has 1 aliphatic carbocycles. The molecule has 2 heteroatoms. The van der Waals surface area contributed by atoms with E-state index in [4.69, 9.17) is 0 Å². The molecule has 1 unspecified atom stereocenters. The van der Waals surface area contributed by atoms with Crippen LogP contribution in [0.15, 0.2) is 0 Å². The van der Waals surface area contributed by atoms with E-state index < -0.39 is 0 Å². The molecule has 0 aromatic carbocycles. The Bertz CT molecular complexity index is 137. The maximum absolute atomic E-state index is 3.73. The lowest BCUT2D eigenvalue weighted by atomic mass is 10.1. The third-order valence-corrected chi connectivity index (χ3v) is 4.66. The molecule has 13 heavy (non-hydrogen) atoms. The minimum atomic E-state index is 0.863. The topological polar surface area (TPSA) is 12.0 Å². The summed E-state index contributed by atoms with van der Waals surface area (Å²) in [4.78, 5) is 0. The Morgan fingerprint density at radius 1 is 1.00 bits per heavy atom. The molecule has 0 aromatic heterocycles. The van der Waals surface area contributed by atoms with Gasteiger partial charge in [0.05, 0.1) is 0 Å². The van der Waals surface area contributed by atoms with E-state index in [2.05, 4.69) is 17.1 Å². The number of hydrogen-bond donors (Lipinski definition) is 1. The molecule has 0 spiro atoms. The van der Waals surface area contributed by atoms with Crippen molar-refractivity contribution in [2.45, 2.75) is 56.2 Å². The van der Waals surface area contributed by atoms with Crippen molar-refractivity contribution in [1.82, 2.24) is 5.32 Å². The standard InChI is InChI=1S/C11H21NS/c1-2-6-10(5-1)12-9-11-7-3-4-8-13-11/h10-12H,1-9H2. The SMILES string of the molecule is C1CCC(CNC2CCCC2)SC1. The smallest absolute Gasteiger partial charge is 0.0172 e. The Labute approximate surface area is 86.0 Å². The van der Waals surface area contributed by atoms with Gasteiger partial charge in [-0.15, -0.1) is 0 Å². The summed E-state index contributed by atoms with van der Waals surface area (Å²) in [6, 6.07) is 0.863. The summed E-state index contributed by atoms with van der Waals surface area (Å²) in [5.74, 6) is 1.40. The first-order chi connectivity index (χ1) is 6.45. The maximum atomic E-state index is 3.73. The van der Waals surface area contributed by atoms with E-state index in [1.807, 2.05) is 0 Å². The molecule has 2 rings (SSSR count). The molecule has 1 saturated heterocycles. The molecule has 0 aromatic rings. The van der Waals surface area contributed by atoms with Gasteiger partial charge in [-0.2, -0.15) is 11.8 Å². The van der Waals surface area contributed by atoms with E-state index in [-0.39, 0.29) is 0 Å². The summed E-state index contributed by atoms with van der Waals surface area (Å²) in [7, 11) is 0. The van der Waals surface area contributed by atoms with Gasteiger partial charge in [-0.05, 0) is 31.4 Å². The van der Waals surface area contributed by atoms with E-state index in [9.17, 15) is 0 Å². The van der Waals surface area contributed by atoms with Crippen LogP contribution in [0.2, 0.25) is 0 Å². The second kappa shape index (κ2) is 5.26. The molecule has 1 heterocycles. The Kier molecular flexibility index (Phi) is 3.98. The first-order valence-corrected chi connectivity index (χ1v) is 6.85. The molecule has 2 aliphatic rings. The van der Waals surface area contributed by atoms with Crippen LogP contribution >= 0.6 is 11.8 Å². The first kappa shape index (κ1) is 9.85. The largest absolute Gasteiger partial charge is 0.313 e. The molecule has 1 atom stereocenters. The fraction of sp³-hybridized carbons (Fsp3) is 1.00. The number of rotatable bonds is 3. The second-order valence-corrected chi connectivity index (χ2v) is 5.79. The van der Waals surface area contributed by atoms with Gasteiger partial charge in [-0.3, -0.25) is 0 Å². The van der Waals surface area contributed by atoms with Crippen molar-refractivity contribution in [3.8, 4) is 0 Å². The van der Waals surface area contributed by atoms with E-state index in [1.165, 1.54) is 57.2 Å². The normalized spacial score (nSPS) is 30.9. The van der Waals surface area contributed by atoms with Crippen molar-refractivity contribution in [3.05, 3.63) is 0 Å². The predicted molar refractivity (Wildman–Crippen MR) is 60.4 cm³/mol. The number of thioether (sulfide) groups is 1. The second-order valence-electron chi connectivity index (χ2n) is 4.38. The Morgan fingerprint density at radius 2 is 1.77 bits per heavy atom. The highest BCUT2D eigenvalue weighted by atomic mass is 32.2. The molecular weight excluding hydrogens is 178 g/mol. The van der Waals surface area contributed by atoms with E-state index in [0.29, 0.717) is 0 Å². The summed E-state index contributed by atoms with van der Waals surface area (Å²) in [5.41, 5.74) is 0. The summed E-state index contributed by atoms with van der Waals surface area (Å²) in [6.45, 7) is 1.27. The highest BCUT2D eigenvalue weighted by molar-refractivity contribution is 7.99. The van der Waals surface area contributed by atoms with Gasteiger partial charge >= 0.3 is 0 Å². The zero-order valence-electron chi connectivity index (χ0n) is 8.43. The zero-order valence-corrected chi connectivity index (χ0v) is 9.24. The highest BCUT2D eigenvalue weighted by Crippen LogP contribution is 2.25. The molecular formula is C11H21NS. The highest BCUT2D eigenvalue weighted by Gasteiger charge is 2.18. The van der Waals surface area contributed by atoms with Crippen molar-refractivity contribution in [2.75, 3.05) is 12.3 Å². The molecule has 1 saturated carbocycles. The van der Waals surface area contributed by atoms with Crippen LogP contribution in [0.1, 0.15) is 44.9 Å². The van der Waals surface area contributed by atoms with Gasteiger partial charge in [0.1, 0.15) is 0 Å².